The molecule has 2 heterocycles. The Labute approximate surface area is 169 Å². The summed E-state index contributed by atoms with van der Waals surface area (Å²) in [7, 11) is 2.27. The first-order valence-corrected chi connectivity index (χ1v) is 10.9. The van der Waals surface area contributed by atoms with Crippen LogP contribution in [0.4, 0.5) is 11.4 Å². The van der Waals surface area contributed by atoms with Crippen molar-refractivity contribution in [3.05, 3.63) is 59.7 Å². The molecule has 0 fully saturated rings. The van der Waals surface area contributed by atoms with E-state index in [0.29, 0.717) is 22.5 Å². The highest BCUT2D eigenvalue weighted by atomic mass is 33.1. The van der Waals surface area contributed by atoms with E-state index in [4.69, 9.17) is 0 Å². The fraction of sp³-hybridized carbons (Fsp3) is 0.200. The van der Waals surface area contributed by atoms with Crippen LogP contribution in [0.3, 0.4) is 0 Å². The van der Waals surface area contributed by atoms with Gasteiger partial charge in [-0.25, -0.2) is 0 Å². The minimum atomic E-state index is -0.773. The molecule has 0 saturated heterocycles. The van der Waals surface area contributed by atoms with E-state index in [1.165, 1.54) is 23.6 Å². The summed E-state index contributed by atoms with van der Waals surface area (Å²) in [6.45, 7) is 2.82. The van der Waals surface area contributed by atoms with Gasteiger partial charge in [-0.1, -0.05) is 45.9 Å². The number of amides is 2. The monoisotopic (exact) mass is 412 g/mol. The molecule has 0 aliphatic carbocycles. The molecule has 2 atom stereocenters. The van der Waals surface area contributed by atoms with E-state index in [9.17, 15) is 19.2 Å². The first-order valence-electron chi connectivity index (χ1n) is 8.60. The first-order chi connectivity index (χ1) is 13.4. The Morgan fingerprint density at radius 2 is 1.07 bits per heavy atom. The summed E-state index contributed by atoms with van der Waals surface area (Å²) in [5.41, 5.74) is 2.12. The molecule has 0 saturated carbocycles. The van der Waals surface area contributed by atoms with Gasteiger partial charge in [-0.2, -0.15) is 0 Å². The van der Waals surface area contributed by atoms with Crippen LogP contribution in [0.1, 0.15) is 34.6 Å². The van der Waals surface area contributed by atoms with E-state index in [1.807, 2.05) is 0 Å². The van der Waals surface area contributed by atoms with Gasteiger partial charge in [0.1, 0.15) is 0 Å². The number of ketones is 2. The third-order valence-corrected chi connectivity index (χ3v) is 7.44. The van der Waals surface area contributed by atoms with Crippen LogP contribution in [0, 0.1) is 0 Å². The third-order valence-electron chi connectivity index (χ3n) is 4.69. The van der Waals surface area contributed by atoms with Crippen molar-refractivity contribution >= 4 is 56.3 Å². The minimum Gasteiger partial charge on any atom is -0.291 e. The molecule has 2 aliphatic heterocycles. The van der Waals surface area contributed by atoms with Crippen LogP contribution in [-0.4, -0.2) is 34.1 Å². The minimum absolute atomic E-state index is 0.180. The molecule has 142 valence electrons. The number of nitrogens with zero attached hydrogens (tertiary/aromatic N) is 2. The molecule has 2 amide bonds. The van der Waals surface area contributed by atoms with Crippen LogP contribution in [0.5, 0.6) is 0 Å². The van der Waals surface area contributed by atoms with Gasteiger partial charge in [-0.15, -0.1) is 0 Å². The average Bonchev–Trinajstić information content (AvgIpc) is 3.12. The second-order valence-electron chi connectivity index (χ2n) is 6.44. The van der Waals surface area contributed by atoms with Crippen LogP contribution >= 0.6 is 21.6 Å². The molecule has 2 aromatic carbocycles. The standard InChI is InChI=1S/C20H16N2O4S2/c1-11(23)21-15-9-5-3-7-13(15)17(25)19(21)27-28-20-18(26)14-8-4-6-10-16(14)22(20)12(2)24/h3-10,19-20H,1-2H3. The highest BCUT2D eigenvalue weighted by Gasteiger charge is 2.44. The molecule has 4 rings (SSSR count). The lowest BCUT2D eigenvalue weighted by Gasteiger charge is -2.25. The summed E-state index contributed by atoms with van der Waals surface area (Å²) in [5, 5.41) is -1.55. The zero-order chi connectivity index (χ0) is 20.0. The van der Waals surface area contributed by atoms with E-state index in [0.717, 1.165) is 21.6 Å². The van der Waals surface area contributed by atoms with Gasteiger partial charge >= 0.3 is 0 Å². The van der Waals surface area contributed by atoms with Crippen molar-refractivity contribution in [2.45, 2.75) is 24.6 Å². The van der Waals surface area contributed by atoms with Gasteiger partial charge < -0.3 is 0 Å². The Morgan fingerprint density at radius 3 is 1.43 bits per heavy atom. The number of fused-ring (bicyclic) bond motifs is 2. The molecule has 28 heavy (non-hydrogen) atoms. The maximum Gasteiger partial charge on any atom is 0.225 e. The van der Waals surface area contributed by atoms with Gasteiger partial charge in [0.05, 0.1) is 11.4 Å². The number of benzene rings is 2. The molecular formula is C20H16N2O4S2. The lowest BCUT2D eigenvalue weighted by Crippen LogP contribution is -2.38. The first kappa shape index (κ1) is 18.8. The molecule has 0 spiro atoms. The number of para-hydroxylation sites is 2. The normalized spacial score (nSPS) is 20.4. The number of hydrogen-bond donors (Lipinski definition) is 0. The predicted octanol–water partition coefficient (Wildman–Crippen LogP) is 3.52. The largest absolute Gasteiger partial charge is 0.291 e. The smallest absolute Gasteiger partial charge is 0.225 e. The van der Waals surface area contributed by atoms with E-state index >= 15 is 0 Å². The summed E-state index contributed by atoms with van der Waals surface area (Å²) in [6.07, 6.45) is 0. The quantitative estimate of drug-likeness (QED) is 0.718. The lowest BCUT2D eigenvalue weighted by atomic mass is 10.1. The van der Waals surface area contributed by atoms with Gasteiger partial charge in [-0.05, 0) is 24.3 Å². The zero-order valence-corrected chi connectivity index (χ0v) is 16.8. The third kappa shape index (κ3) is 2.84. The Kier molecular flexibility index (Phi) is 4.76. The van der Waals surface area contributed by atoms with E-state index in [1.54, 1.807) is 48.5 Å². The lowest BCUT2D eigenvalue weighted by molar-refractivity contribution is -0.117. The molecule has 2 aliphatic rings. The topological polar surface area (TPSA) is 74.8 Å². The van der Waals surface area contributed by atoms with E-state index < -0.39 is 10.7 Å². The highest BCUT2D eigenvalue weighted by Crippen LogP contribution is 2.47. The molecule has 8 heteroatoms. The molecule has 2 unspecified atom stereocenters. The molecule has 6 nitrogen and oxygen atoms in total. The van der Waals surface area contributed by atoms with Crippen molar-refractivity contribution in [1.29, 1.82) is 0 Å². The van der Waals surface area contributed by atoms with Gasteiger partial charge in [-0.3, -0.25) is 29.0 Å². The SMILES string of the molecule is CC(=O)N1c2ccccc2C(=O)C1SSC1C(=O)c2ccccc2N1C(C)=O. The number of Topliss-reactive ketones (excluding diaryl/α,β-unsaturated/α-hetero) is 2. The summed E-state index contributed by atoms with van der Waals surface area (Å²) in [4.78, 5) is 53.0. The van der Waals surface area contributed by atoms with Gasteiger partial charge in [0, 0.05) is 25.0 Å². The fourth-order valence-electron chi connectivity index (χ4n) is 3.49. The predicted molar refractivity (Wildman–Crippen MR) is 111 cm³/mol. The summed E-state index contributed by atoms with van der Waals surface area (Å²) >= 11 is 0. The summed E-state index contributed by atoms with van der Waals surface area (Å²) < 4.78 is 0. The van der Waals surface area contributed by atoms with Crippen molar-refractivity contribution < 1.29 is 19.2 Å². The molecule has 0 bridgehead atoms. The van der Waals surface area contributed by atoms with Crippen LogP contribution in [0.15, 0.2) is 48.5 Å². The van der Waals surface area contributed by atoms with Crippen molar-refractivity contribution in [3.63, 3.8) is 0 Å². The molecule has 0 N–H and O–H groups in total. The molecular weight excluding hydrogens is 396 g/mol. The van der Waals surface area contributed by atoms with Crippen LogP contribution in [0.2, 0.25) is 0 Å². The van der Waals surface area contributed by atoms with Crippen molar-refractivity contribution in [2.75, 3.05) is 9.80 Å². The Bertz CT molecular complexity index is 941. The second kappa shape index (κ2) is 7.10. The fourth-order valence-corrected chi connectivity index (χ4v) is 6.49. The van der Waals surface area contributed by atoms with Crippen molar-refractivity contribution in [2.24, 2.45) is 0 Å². The second-order valence-corrected chi connectivity index (χ2v) is 8.87. The summed E-state index contributed by atoms with van der Waals surface area (Å²) in [5.74, 6) is -0.858. The molecule has 0 aromatic heterocycles. The maximum absolute atomic E-state index is 12.8. The Morgan fingerprint density at radius 1 is 0.714 bits per heavy atom. The number of carbonyl (C=O) groups is 4. The maximum atomic E-state index is 12.8. The number of hydrogen-bond acceptors (Lipinski definition) is 6. The number of carbonyl (C=O) groups excluding carboxylic acids is 4. The zero-order valence-electron chi connectivity index (χ0n) is 15.1. The molecule has 2 aromatic rings. The van der Waals surface area contributed by atoms with Crippen LogP contribution in [-0.2, 0) is 9.59 Å². The van der Waals surface area contributed by atoms with Crippen molar-refractivity contribution in [1.82, 2.24) is 0 Å². The van der Waals surface area contributed by atoms with Crippen molar-refractivity contribution in [3.8, 4) is 0 Å². The van der Waals surface area contributed by atoms with Gasteiger partial charge in [0.15, 0.2) is 22.3 Å². The Balaban J connectivity index is 1.61. The summed E-state index contributed by atoms with van der Waals surface area (Å²) in [6, 6.07) is 13.9. The molecule has 0 radical (unpaired) electrons. The van der Waals surface area contributed by atoms with Gasteiger partial charge in [0.2, 0.25) is 11.8 Å². The van der Waals surface area contributed by atoms with Crippen LogP contribution in [0.25, 0.3) is 0 Å². The highest BCUT2D eigenvalue weighted by molar-refractivity contribution is 8.77. The van der Waals surface area contributed by atoms with Crippen LogP contribution < -0.4 is 9.80 Å². The number of rotatable bonds is 3. The average molecular weight is 412 g/mol. The number of anilines is 2. The Hall–Kier alpha value is -2.58. The van der Waals surface area contributed by atoms with E-state index in [2.05, 4.69) is 0 Å². The van der Waals surface area contributed by atoms with E-state index in [-0.39, 0.29) is 23.4 Å². The van der Waals surface area contributed by atoms with Gasteiger partial charge in [0.25, 0.3) is 0 Å².